The second kappa shape index (κ2) is 9.91. The molecule has 0 atom stereocenters. The molecular formula is C25H16Cl3N5O2S. The van der Waals surface area contributed by atoms with Crippen molar-refractivity contribution < 1.29 is 9.21 Å². The number of benzene rings is 3. The number of carbonyl (C=O) groups is 1. The standard InChI is InChI=1S/C25H16Cl3N5O2S/c1-13-2-5-15(6-3-13)33-31-20-11-18(28)19(12-21(20)32-33)29-25(36)30-24(34)23-9-8-22(35-23)16-7-4-14(26)10-17(16)27/h2-12H,1H3,(H2,29,30,34,36). The van der Waals surface area contributed by atoms with Crippen LogP contribution in [-0.2, 0) is 0 Å². The van der Waals surface area contributed by atoms with Crippen LogP contribution in [-0.4, -0.2) is 26.0 Å². The molecule has 2 aromatic heterocycles. The van der Waals surface area contributed by atoms with Gasteiger partial charge in [-0.05, 0) is 73.7 Å². The molecule has 2 N–H and O–H groups in total. The van der Waals surface area contributed by atoms with E-state index in [0.29, 0.717) is 43.1 Å². The number of nitrogens with zero attached hydrogens (tertiary/aromatic N) is 3. The molecule has 0 saturated carbocycles. The number of carbonyl (C=O) groups excluding carboxylic acids is 1. The summed E-state index contributed by atoms with van der Waals surface area (Å²) in [4.78, 5) is 14.2. The Hall–Kier alpha value is -3.43. The van der Waals surface area contributed by atoms with Crippen molar-refractivity contribution in [1.29, 1.82) is 0 Å². The van der Waals surface area contributed by atoms with Gasteiger partial charge in [-0.25, -0.2) is 0 Å². The molecule has 36 heavy (non-hydrogen) atoms. The molecule has 0 aliphatic heterocycles. The second-order valence-electron chi connectivity index (χ2n) is 7.84. The van der Waals surface area contributed by atoms with Gasteiger partial charge in [-0.15, -0.1) is 10.2 Å². The highest BCUT2D eigenvalue weighted by Gasteiger charge is 2.17. The van der Waals surface area contributed by atoms with Gasteiger partial charge in [0.1, 0.15) is 16.8 Å². The fourth-order valence-corrected chi connectivity index (χ4v) is 4.35. The van der Waals surface area contributed by atoms with Gasteiger partial charge in [-0.2, -0.15) is 4.80 Å². The SMILES string of the molecule is Cc1ccc(-n2nc3cc(Cl)c(NC(=S)NC(=O)c4ccc(-c5ccc(Cl)cc5Cl)o4)cc3n2)cc1. The molecule has 0 radical (unpaired) electrons. The summed E-state index contributed by atoms with van der Waals surface area (Å²) in [7, 11) is 0. The summed E-state index contributed by atoms with van der Waals surface area (Å²) in [6.45, 7) is 2.01. The van der Waals surface area contributed by atoms with Gasteiger partial charge in [0.05, 0.1) is 21.4 Å². The van der Waals surface area contributed by atoms with Crippen LogP contribution in [0.2, 0.25) is 15.1 Å². The van der Waals surface area contributed by atoms with Crippen LogP contribution in [0, 0.1) is 6.92 Å². The summed E-state index contributed by atoms with van der Waals surface area (Å²) in [6.07, 6.45) is 0. The van der Waals surface area contributed by atoms with Gasteiger partial charge in [0.15, 0.2) is 10.9 Å². The first kappa shape index (κ1) is 24.3. The van der Waals surface area contributed by atoms with E-state index in [2.05, 4.69) is 20.8 Å². The lowest BCUT2D eigenvalue weighted by Crippen LogP contribution is -2.33. The Labute approximate surface area is 225 Å². The van der Waals surface area contributed by atoms with Crippen molar-refractivity contribution in [3.05, 3.63) is 93.1 Å². The third-order valence-electron chi connectivity index (χ3n) is 5.24. The van der Waals surface area contributed by atoms with E-state index in [1.54, 1.807) is 36.4 Å². The minimum Gasteiger partial charge on any atom is -0.451 e. The molecule has 1 amide bonds. The van der Waals surface area contributed by atoms with Crippen LogP contribution < -0.4 is 10.6 Å². The number of nitrogens with one attached hydrogen (secondary N) is 2. The van der Waals surface area contributed by atoms with Crippen LogP contribution in [0.25, 0.3) is 28.0 Å². The fraction of sp³-hybridized carbons (Fsp3) is 0.0400. The smallest absolute Gasteiger partial charge is 0.293 e. The molecule has 7 nitrogen and oxygen atoms in total. The summed E-state index contributed by atoms with van der Waals surface area (Å²) < 4.78 is 5.66. The quantitative estimate of drug-likeness (QED) is 0.230. The van der Waals surface area contributed by atoms with Crippen LogP contribution >= 0.6 is 47.0 Å². The first-order valence-electron chi connectivity index (χ1n) is 10.6. The van der Waals surface area contributed by atoms with Gasteiger partial charge < -0.3 is 9.73 Å². The predicted octanol–water partition coefficient (Wildman–Crippen LogP) is 7.08. The zero-order valence-electron chi connectivity index (χ0n) is 18.6. The number of thiocarbonyl (C=S) groups is 1. The lowest BCUT2D eigenvalue weighted by atomic mass is 10.2. The topological polar surface area (TPSA) is 85.0 Å². The molecule has 5 rings (SSSR count). The highest BCUT2D eigenvalue weighted by Crippen LogP contribution is 2.31. The van der Waals surface area contributed by atoms with E-state index >= 15 is 0 Å². The normalized spacial score (nSPS) is 11.0. The zero-order chi connectivity index (χ0) is 25.4. The van der Waals surface area contributed by atoms with E-state index in [1.165, 1.54) is 10.9 Å². The number of hydrogen-bond donors (Lipinski definition) is 2. The zero-order valence-corrected chi connectivity index (χ0v) is 21.6. The third-order valence-corrected chi connectivity index (χ3v) is 6.30. The minimum absolute atomic E-state index is 0.0367. The minimum atomic E-state index is -0.536. The molecule has 2 heterocycles. The largest absolute Gasteiger partial charge is 0.451 e. The molecular weight excluding hydrogens is 541 g/mol. The summed E-state index contributed by atoms with van der Waals surface area (Å²) in [6, 6.07) is 19.4. The Balaban J connectivity index is 1.30. The summed E-state index contributed by atoms with van der Waals surface area (Å²) in [5.41, 5.74) is 4.26. The number of aryl methyl sites for hydroxylation is 1. The number of furan rings is 1. The highest BCUT2D eigenvalue weighted by molar-refractivity contribution is 7.80. The fourth-order valence-electron chi connectivity index (χ4n) is 3.44. The van der Waals surface area contributed by atoms with Crippen molar-refractivity contribution in [2.24, 2.45) is 0 Å². The molecule has 0 aliphatic carbocycles. The van der Waals surface area contributed by atoms with Gasteiger partial charge in [0, 0.05) is 10.6 Å². The Morgan fingerprint density at radius 1 is 0.917 bits per heavy atom. The van der Waals surface area contributed by atoms with E-state index in [9.17, 15) is 4.79 Å². The number of rotatable bonds is 4. The number of anilines is 1. The number of hydrogen-bond acceptors (Lipinski definition) is 5. The first-order chi connectivity index (χ1) is 17.3. The van der Waals surface area contributed by atoms with Crippen LogP contribution in [0.1, 0.15) is 16.1 Å². The number of amides is 1. The maximum atomic E-state index is 12.7. The molecule has 3 aromatic carbocycles. The lowest BCUT2D eigenvalue weighted by Gasteiger charge is -2.10. The summed E-state index contributed by atoms with van der Waals surface area (Å²) in [5.74, 6) is -0.0556. The van der Waals surface area contributed by atoms with Crippen LogP contribution in [0.15, 0.2) is 71.1 Å². The van der Waals surface area contributed by atoms with E-state index in [1.807, 2.05) is 31.2 Å². The number of fused-ring (bicyclic) bond motifs is 1. The van der Waals surface area contributed by atoms with Gasteiger partial charge >= 0.3 is 0 Å². The van der Waals surface area contributed by atoms with Crippen molar-refractivity contribution in [2.45, 2.75) is 6.92 Å². The average Bonchev–Trinajstić information content (AvgIpc) is 3.47. The third kappa shape index (κ3) is 5.08. The van der Waals surface area contributed by atoms with E-state index in [-0.39, 0.29) is 10.9 Å². The molecule has 0 unspecified atom stereocenters. The summed E-state index contributed by atoms with van der Waals surface area (Å²) >= 11 is 23.9. The molecule has 0 spiro atoms. The average molecular weight is 557 g/mol. The monoisotopic (exact) mass is 555 g/mol. The van der Waals surface area contributed by atoms with Gasteiger partial charge in [-0.1, -0.05) is 52.5 Å². The molecule has 0 saturated heterocycles. The Bertz CT molecular complexity index is 1630. The molecule has 180 valence electrons. The van der Waals surface area contributed by atoms with Crippen LogP contribution in [0.4, 0.5) is 5.69 Å². The molecule has 0 bridgehead atoms. The van der Waals surface area contributed by atoms with Gasteiger partial charge in [-0.3, -0.25) is 10.1 Å². The Morgan fingerprint density at radius 3 is 2.36 bits per heavy atom. The van der Waals surface area contributed by atoms with Crippen LogP contribution in [0.3, 0.4) is 0 Å². The van der Waals surface area contributed by atoms with Crippen molar-refractivity contribution >= 4 is 74.8 Å². The van der Waals surface area contributed by atoms with E-state index in [0.717, 1.165) is 11.3 Å². The number of halogens is 3. The predicted molar refractivity (Wildman–Crippen MR) is 146 cm³/mol. The summed E-state index contributed by atoms with van der Waals surface area (Å²) in [5, 5.41) is 15.8. The molecule has 0 fully saturated rings. The Morgan fingerprint density at radius 2 is 1.64 bits per heavy atom. The maximum Gasteiger partial charge on any atom is 0.293 e. The van der Waals surface area contributed by atoms with Crippen molar-refractivity contribution in [2.75, 3.05) is 5.32 Å². The molecule has 0 aliphatic rings. The highest BCUT2D eigenvalue weighted by atomic mass is 35.5. The van der Waals surface area contributed by atoms with Gasteiger partial charge in [0.25, 0.3) is 5.91 Å². The van der Waals surface area contributed by atoms with Crippen LogP contribution in [0.5, 0.6) is 0 Å². The molecule has 11 heteroatoms. The van der Waals surface area contributed by atoms with Crippen molar-refractivity contribution in [3.8, 4) is 17.0 Å². The Kier molecular flexibility index (Phi) is 6.68. The first-order valence-corrected chi connectivity index (χ1v) is 12.1. The lowest BCUT2D eigenvalue weighted by molar-refractivity contribution is 0.0951. The second-order valence-corrected chi connectivity index (χ2v) is 9.50. The van der Waals surface area contributed by atoms with Gasteiger partial charge in [0.2, 0.25) is 0 Å². The van der Waals surface area contributed by atoms with Crippen molar-refractivity contribution in [3.63, 3.8) is 0 Å². The number of aromatic nitrogens is 3. The van der Waals surface area contributed by atoms with E-state index < -0.39 is 5.91 Å². The van der Waals surface area contributed by atoms with Crippen molar-refractivity contribution in [1.82, 2.24) is 20.3 Å². The van der Waals surface area contributed by atoms with E-state index in [4.69, 9.17) is 51.4 Å². The maximum absolute atomic E-state index is 12.7. The molecule has 5 aromatic rings.